The molecular weight excluding hydrogens is 276 g/mol. The lowest BCUT2D eigenvalue weighted by atomic mass is 10.1. The number of aliphatic hydroxyl groups excluding tert-OH is 2. The SMILES string of the molecule is COc1cc(O)c2c(=O)oc(C[C@@H](O)C[C@H](C)O)cc2c1. The summed E-state index contributed by atoms with van der Waals surface area (Å²) < 4.78 is 10.1. The third-order valence-corrected chi connectivity index (χ3v) is 3.15. The molecule has 2 aromatic rings. The van der Waals surface area contributed by atoms with Crippen LogP contribution in [0.4, 0.5) is 0 Å². The summed E-state index contributed by atoms with van der Waals surface area (Å²) in [6.07, 6.45) is -1.17. The highest BCUT2D eigenvalue weighted by Crippen LogP contribution is 2.28. The number of aromatic hydroxyl groups is 1. The highest BCUT2D eigenvalue weighted by Gasteiger charge is 2.15. The van der Waals surface area contributed by atoms with Gasteiger partial charge in [0.05, 0.1) is 19.3 Å². The van der Waals surface area contributed by atoms with Crippen molar-refractivity contribution in [1.29, 1.82) is 0 Å². The van der Waals surface area contributed by atoms with Crippen molar-refractivity contribution < 1.29 is 24.5 Å². The Morgan fingerprint density at radius 1 is 1.29 bits per heavy atom. The summed E-state index contributed by atoms with van der Waals surface area (Å²) in [4.78, 5) is 11.9. The number of ether oxygens (including phenoxy) is 1. The number of fused-ring (bicyclic) bond motifs is 1. The van der Waals surface area contributed by atoms with E-state index in [2.05, 4.69) is 0 Å². The van der Waals surface area contributed by atoms with E-state index in [1.165, 1.54) is 13.2 Å². The van der Waals surface area contributed by atoms with Crippen molar-refractivity contribution in [2.75, 3.05) is 7.11 Å². The second-order valence-corrected chi connectivity index (χ2v) is 5.05. The van der Waals surface area contributed by atoms with Gasteiger partial charge in [0.2, 0.25) is 0 Å². The van der Waals surface area contributed by atoms with E-state index in [-0.39, 0.29) is 29.7 Å². The van der Waals surface area contributed by atoms with Gasteiger partial charge < -0.3 is 24.5 Å². The summed E-state index contributed by atoms with van der Waals surface area (Å²) >= 11 is 0. The molecule has 0 aliphatic carbocycles. The first-order valence-electron chi connectivity index (χ1n) is 6.60. The zero-order valence-corrected chi connectivity index (χ0v) is 11.9. The molecule has 0 radical (unpaired) electrons. The van der Waals surface area contributed by atoms with Gasteiger partial charge in [0, 0.05) is 12.5 Å². The van der Waals surface area contributed by atoms with Crippen LogP contribution >= 0.6 is 0 Å². The van der Waals surface area contributed by atoms with Crippen molar-refractivity contribution >= 4 is 10.8 Å². The molecule has 3 N–H and O–H groups in total. The Labute approximate surface area is 121 Å². The van der Waals surface area contributed by atoms with Crippen LogP contribution in [-0.4, -0.2) is 34.6 Å². The molecule has 0 saturated carbocycles. The number of phenolic OH excluding ortho intramolecular Hbond substituents is 1. The third kappa shape index (κ3) is 3.53. The van der Waals surface area contributed by atoms with Crippen molar-refractivity contribution in [2.45, 2.75) is 32.0 Å². The van der Waals surface area contributed by atoms with Crippen LogP contribution in [0.1, 0.15) is 19.1 Å². The Balaban J connectivity index is 2.41. The molecule has 1 aromatic heterocycles. The Kier molecular flexibility index (Phi) is 4.50. The highest BCUT2D eigenvalue weighted by molar-refractivity contribution is 5.88. The van der Waals surface area contributed by atoms with Crippen LogP contribution in [0.5, 0.6) is 11.5 Å². The number of hydrogen-bond donors (Lipinski definition) is 3. The molecule has 6 nitrogen and oxygen atoms in total. The molecule has 0 bridgehead atoms. The van der Waals surface area contributed by atoms with Crippen molar-refractivity contribution in [2.24, 2.45) is 0 Å². The molecule has 0 spiro atoms. The van der Waals surface area contributed by atoms with Gasteiger partial charge in [0.1, 0.15) is 22.6 Å². The van der Waals surface area contributed by atoms with Gasteiger partial charge >= 0.3 is 5.63 Å². The molecule has 0 fully saturated rings. The molecule has 2 atom stereocenters. The van der Waals surface area contributed by atoms with E-state index in [1.54, 1.807) is 19.1 Å². The third-order valence-electron chi connectivity index (χ3n) is 3.15. The largest absolute Gasteiger partial charge is 0.507 e. The fraction of sp³-hybridized carbons (Fsp3) is 0.400. The number of rotatable bonds is 5. The summed E-state index contributed by atoms with van der Waals surface area (Å²) in [6, 6.07) is 4.52. The van der Waals surface area contributed by atoms with Gasteiger partial charge in [-0.3, -0.25) is 0 Å². The molecule has 0 aliphatic heterocycles. The molecule has 0 aliphatic rings. The Bertz CT molecular complexity index is 688. The summed E-state index contributed by atoms with van der Waals surface area (Å²) in [5.41, 5.74) is -0.674. The molecule has 0 saturated heterocycles. The average Bonchev–Trinajstić information content (AvgIpc) is 2.36. The zero-order valence-electron chi connectivity index (χ0n) is 11.9. The normalized spacial score (nSPS) is 14.1. The van der Waals surface area contributed by atoms with Gasteiger partial charge in [0.15, 0.2) is 0 Å². The molecule has 114 valence electrons. The maximum Gasteiger partial charge on any atom is 0.347 e. The summed E-state index contributed by atoms with van der Waals surface area (Å²) in [7, 11) is 1.46. The van der Waals surface area contributed by atoms with E-state index in [4.69, 9.17) is 9.15 Å². The lowest BCUT2D eigenvalue weighted by Gasteiger charge is -2.12. The minimum atomic E-state index is -0.815. The topological polar surface area (TPSA) is 100 Å². The van der Waals surface area contributed by atoms with Crippen LogP contribution in [0.25, 0.3) is 10.8 Å². The van der Waals surface area contributed by atoms with Crippen molar-refractivity contribution in [3.63, 3.8) is 0 Å². The fourth-order valence-corrected chi connectivity index (χ4v) is 2.26. The number of aliphatic hydroxyl groups is 2. The average molecular weight is 294 g/mol. The van der Waals surface area contributed by atoms with E-state index < -0.39 is 17.8 Å². The minimum Gasteiger partial charge on any atom is -0.507 e. The van der Waals surface area contributed by atoms with E-state index >= 15 is 0 Å². The van der Waals surface area contributed by atoms with Gasteiger partial charge in [-0.1, -0.05) is 0 Å². The first-order chi connectivity index (χ1) is 9.90. The van der Waals surface area contributed by atoms with E-state index in [9.17, 15) is 20.1 Å². The lowest BCUT2D eigenvalue weighted by Crippen LogP contribution is -2.18. The molecule has 1 heterocycles. The molecule has 6 heteroatoms. The van der Waals surface area contributed by atoms with Crippen molar-refractivity contribution in [1.82, 2.24) is 0 Å². The first-order valence-corrected chi connectivity index (χ1v) is 6.60. The maximum atomic E-state index is 11.9. The van der Waals surface area contributed by atoms with Crippen LogP contribution in [0, 0.1) is 0 Å². The predicted octanol–water partition coefficient (Wildman–Crippen LogP) is 1.18. The van der Waals surface area contributed by atoms with Crippen LogP contribution in [-0.2, 0) is 6.42 Å². The smallest absolute Gasteiger partial charge is 0.347 e. The number of hydrogen-bond acceptors (Lipinski definition) is 6. The number of methoxy groups -OCH3 is 1. The summed E-state index contributed by atoms with van der Waals surface area (Å²) in [5.74, 6) is 0.489. The van der Waals surface area contributed by atoms with Gasteiger partial charge in [-0.05, 0) is 30.9 Å². The van der Waals surface area contributed by atoms with Crippen LogP contribution < -0.4 is 10.4 Å². The van der Waals surface area contributed by atoms with E-state index in [0.717, 1.165) is 0 Å². The van der Waals surface area contributed by atoms with Crippen LogP contribution in [0.3, 0.4) is 0 Å². The van der Waals surface area contributed by atoms with E-state index in [0.29, 0.717) is 11.1 Å². The Morgan fingerprint density at radius 3 is 2.62 bits per heavy atom. The predicted molar refractivity (Wildman–Crippen MR) is 76.7 cm³/mol. The second-order valence-electron chi connectivity index (χ2n) is 5.05. The highest BCUT2D eigenvalue weighted by atomic mass is 16.5. The van der Waals surface area contributed by atoms with Crippen molar-refractivity contribution in [3.8, 4) is 11.5 Å². The zero-order chi connectivity index (χ0) is 15.6. The molecular formula is C15H18O6. The monoisotopic (exact) mass is 294 g/mol. The Hall–Kier alpha value is -2.05. The van der Waals surface area contributed by atoms with Crippen molar-refractivity contribution in [3.05, 3.63) is 34.4 Å². The Morgan fingerprint density at radius 2 is 2.00 bits per heavy atom. The summed E-state index contributed by atoms with van der Waals surface area (Å²) in [6.45, 7) is 1.57. The van der Waals surface area contributed by atoms with Gasteiger partial charge in [-0.2, -0.15) is 0 Å². The first kappa shape index (κ1) is 15.3. The number of phenols is 1. The maximum absolute atomic E-state index is 11.9. The molecule has 1 aromatic carbocycles. The minimum absolute atomic E-state index is 0.0737. The van der Waals surface area contributed by atoms with Crippen LogP contribution in [0.2, 0.25) is 0 Å². The fourth-order valence-electron chi connectivity index (χ4n) is 2.26. The van der Waals surface area contributed by atoms with Gasteiger partial charge in [-0.25, -0.2) is 4.79 Å². The molecule has 0 unspecified atom stereocenters. The van der Waals surface area contributed by atoms with Crippen LogP contribution in [0.15, 0.2) is 27.4 Å². The standard InChI is InChI=1S/C15H18O6/c1-8(16)3-10(17)6-12-5-9-4-11(20-2)7-13(18)14(9)15(19)21-12/h4-5,7-8,10,16-18H,3,6H2,1-2H3/t8-,10-/m0/s1. The van der Waals surface area contributed by atoms with E-state index in [1.807, 2.05) is 0 Å². The molecule has 2 rings (SSSR count). The number of benzene rings is 1. The van der Waals surface area contributed by atoms with Gasteiger partial charge in [-0.15, -0.1) is 0 Å². The van der Waals surface area contributed by atoms with Gasteiger partial charge in [0.25, 0.3) is 0 Å². The molecule has 0 amide bonds. The quantitative estimate of drug-likeness (QED) is 0.765. The lowest BCUT2D eigenvalue weighted by molar-refractivity contribution is 0.0871. The molecule has 21 heavy (non-hydrogen) atoms. The summed E-state index contributed by atoms with van der Waals surface area (Å²) in [5, 5.41) is 29.4. The second kappa shape index (κ2) is 6.15.